The van der Waals surface area contributed by atoms with Crippen LogP contribution in [0.4, 0.5) is 0 Å². The molecule has 0 atom stereocenters. The van der Waals surface area contributed by atoms with Crippen LogP contribution in [0.15, 0.2) is 89.7 Å². The van der Waals surface area contributed by atoms with Crippen molar-refractivity contribution in [3.63, 3.8) is 0 Å². The van der Waals surface area contributed by atoms with E-state index in [1.54, 1.807) is 54.7 Å². The minimum absolute atomic E-state index is 0.302. The van der Waals surface area contributed by atoms with Crippen LogP contribution in [0.5, 0.6) is 0 Å². The van der Waals surface area contributed by atoms with E-state index in [0.29, 0.717) is 34.0 Å². The molecular weight excluding hydrogens is 446 g/mol. The molecule has 10 nitrogen and oxygen atoms in total. The molecule has 5 rings (SSSR count). The number of hydrazine groups is 1. The van der Waals surface area contributed by atoms with Crippen LogP contribution in [-0.4, -0.2) is 37.0 Å². The third kappa shape index (κ3) is 4.67. The highest BCUT2D eigenvalue weighted by atomic mass is 16.4. The minimum Gasteiger partial charge on any atom is -0.436 e. The van der Waals surface area contributed by atoms with Gasteiger partial charge in [0.1, 0.15) is 6.33 Å². The zero-order valence-electron chi connectivity index (χ0n) is 18.5. The second-order valence-electron chi connectivity index (χ2n) is 7.65. The van der Waals surface area contributed by atoms with Crippen LogP contribution >= 0.6 is 0 Å². The van der Waals surface area contributed by atoms with Crippen LogP contribution in [-0.2, 0) is 0 Å². The van der Waals surface area contributed by atoms with Gasteiger partial charge >= 0.3 is 0 Å². The van der Waals surface area contributed by atoms with Gasteiger partial charge in [-0.05, 0) is 53.7 Å². The van der Waals surface area contributed by atoms with Crippen LogP contribution in [0.2, 0.25) is 0 Å². The Morgan fingerprint density at radius 1 is 0.886 bits per heavy atom. The van der Waals surface area contributed by atoms with E-state index in [2.05, 4.69) is 31.4 Å². The highest BCUT2D eigenvalue weighted by Crippen LogP contribution is 2.28. The third-order valence-corrected chi connectivity index (χ3v) is 5.28. The van der Waals surface area contributed by atoms with Crippen LogP contribution in [0.1, 0.15) is 26.3 Å². The molecule has 0 radical (unpaired) electrons. The second kappa shape index (κ2) is 9.40. The fourth-order valence-electron chi connectivity index (χ4n) is 3.42. The second-order valence-corrected chi connectivity index (χ2v) is 7.65. The first-order chi connectivity index (χ1) is 17.1. The summed E-state index contributed by atoms with van der Waals surface area (Å²) in [7, 11) is 0. The quantitative estimate of drug-likeness (QED) is 0.381. The molecular formula is C25H19N7O3. The summed E-state index contributed by atoms with van der Waals surface area (Å²) in [5, 5.41) is 10.9. The van der Waals surface area contributed by atoms with E-state index < -0.39 is 11.8 Å². The molecule has 2 N–H and O–H groups in total. The number of aryl methyl sites for hydroxylation is 1. The number of tetrazole rings is 1. The number of hydrogen-bond acceptors (Lipinski definition) is 7. The smallest absolute Gasteiger partial charge is 0.270 e. The lowest BCUT2D eigenvalue weighted by molar-refractivity contribution is 0.0847. The Hall–Kier alpha value is -5.12. The molecule has 0 aliphatic rings. The molecule has 0 fully saturated rings. The highest BCUT2D eigenvalue weighted by Gasteiger charge is 2.18. The number of carbonyl (C=O) groups excluding carboxylic acids is 2. The van der Waals surface area contributed by atoms with E-state index in [1.807, 2.05) is 31.2 Å². The fourth-order valence-corrected chi connectivity index (χ4v) is 3.42. The molecule has 2 heterocycles. The number of rotatable bonds is 5. The van der Waals surface area contributed by atoms with Gasteiger partial charge in [0.15, 0.2) is 5.76 Å². The lowest BCUT2D eigenvalue weighted by atomic mass is 10.1. The number of amides is 2. The van der Waals surface area contributed by atoms with Crippen LogP contribution < -0.4 is 10.9 Å². The number of aromatic nitrogens is 5. The lowest BCUT2D eigenvalue weighted by Gasteiger charge is -2.10. The first-order valence-corrected chi connectivity index (χ1v) is 10.6. The van der Waals surface area contributed by atoms with Crippen molar-refractivity contribution >= 4 is 11.8 Å². The van der Waals surface area contributed by atoms with Crippen molar-refractivity contribution in [2.75, 3.05) is 0 Å². The Bertz CT molecular complexity index is 1470. The van der Waals surface area contributed by atoms with E-state index in [-0.39, 0.29) is 0 Å². The molecule has 10 heteroatoms. The molecule has 0 unspecified atom stereocenters. The number of oxazole rings is 1. The molecule has 0 aliphatic heterocycles. The summed E-state index contributed by atoms with van der Waals surface area (Å²) in [6.45, 7) is 2.01. The maximum Gasteiger partial charge on any atom is 0.270 e. The average molecular weight is 465 g/mol. The molecule has 2 aromatic heterocycles. The summed E-state index contributed by atoms with van der Waals surface area (Å²) in [4.78, 5) is 29.7. The van der Waals surface area contributed by atoms with Gasteiger partial charge in [-0.15, -0.1) is 5.10 Å². The standard InChI is InChI=1S/C25H19N7O3/c1-16-6-8-17(9-7-16)22-14-26-25(35-22)21-5-3-2-4-20(21)24(34)29-28-23(33)18-10-12-19(13-11-18)32-15-27-30-31-32/h2-15H,1H3,(H,28,33)(H,29,34). The Kier molecular flexibility index (Phi) is 5.83. The van der Waals surface area contributed by atoms with Gasteiger partial charge in [0.2, 0.25) is 5.89 Å². The molecule has 172 valence electrons. The Morgan fingerprint density at radius 2 is 1.63 bits per heavy atom. The van der Waals surface area contributed by atoms with Crippen molar-refractivity contribution in [2.45, 2.75) is 6.92 Å². The molecule has 2 amide bonds. The van der Waals surface area contributed by atoms with Crippen molar-refractivity contribution in [3.8, 4) is 28.5 Å². The van der Waals surface area contributed by atoms with Gasteiger partial charge in [0.05, 0.1) is 17.4 Å². The van der Waals surface area contributed by atoms with Crippen LogP contribution in [0.25, 0.3) is 28.5 Å². The number of carbonyl (C=O) groups is 2. The largest absolute Gasteiger partial charge is 0.436 e. The normalized spacial score (nSPS) is 10.7. The van der Waals surface area contributed by atoms with Crippen molar-refractivity contribution in [1.82, 2.24) is 36.0 Å². The van der Waals surface area contributed by atoms with E-state index in [1.165, 1.54) is 11.0 Å². The van der Waals surface area contributed by atoms with Crippen molar-refractivity contribution in [1.29, 1.82) is 0 Å². The maximum atomic E-state index is 12.9. The van der Waals surface area contributed by atoms with Gasteiger partial charge in [-0.2, -0.15) is 0 Å². The summed E-state index contributed by atoms with van der Waals surface area (Å²) in [5.74, 6) is -0.0873. The topological polar surface area (TPSA) is 128 Å². The first kappa shape index (κ1) is 21.7. The first-order valence-electron chi connectivity index (χ1n) is 10.6. The van der Waals surface area contributed by atoms with Crippen molar-refractivity contribution in [3.05, 3.63) is 102 Å². The monoisotopic (exact) mass is 465 g/mol. The number of nitrogens with zero attached hydrogens (tertiary/aromatic N) is 5. The predicted molar refractivity (Wildman–Crippen MR) is 126 cm³/mol. The molecule has 3 aromatic carbocycles. The van der Waals surface area contributed by atoms with Crippen LogP contribution in [0.3, 0.4) is 0 Å². The average Bonchev–Trinajstić information content (AvgIpc) is 3.61. The number of nitrogens with one attached hydrogen (secondary N) is 2. The fraction of sp³-hybridized carbons (Fsp3) is 0.0400. The van der Waals surface area contributed by atoms with Gasteiger partial charge < -0.3 is 4.42 Å². The van der Waals surface area contributed by atoms with Crippen molar-refractivity contribution in [2.24, 2.45) is 0 Å². The Balaban J connectivity index is 1.29. The van der Waals surface area contributed by atoms with E-state index in [9.17, 15) is 9.59 Å². The lowest BCUT2D eigenvalue weighted by Crippen LogP contribution is -2.41. The molecule has 35 heavy (non-hydrogen) atoms. The maximum absolute atomic E-state index is 12.9. The SMILES string of the molecule is Cc1ccc(-c2cnc(-c3ccccc3C(=O)NNC(=O)c3ccc(-n4cnnn4)cc3)o2)cc1. The zero-order chi connectivity index (χ0) is 24.2. The Morgan fingerprint density at radius 3 is 2.37 bits per heavy atom. The van der Waals surface area contributed by atoms with Gasteiger partial charge in [-0.3, -0.25) is 20.4 Å². The minimum atomic E-state index is -0.505. The van der Waals surface area contributed by atoms with Gasteiger partial charge in [-0.1, -0.05) is 42.0 Å². The van der Waals surface area contributed by atoms with Crippen molar-refractivity contribution < 1.29 is 14.0 Å². The molecule has 0 spiro atoms. The summed E-state index contributed by atoms with van der Waals surface area (Å²) >= 11 is 0. The van der Waals surface area contributed by atoms with E-state index >= 15 is 0 Å². The summed E-state index contributed by atoms with van der Waals surface area (Å²) in [6, 6.07) is 21.3. The highest BCUT2D eigenvalue weighted by molar-refractivity contribution is 6.02. The summed E-state index contributed by atoms with van der Waals surface area (Å²) in [6.07, 6.45) is 3.07. The van der Waals surface area contributed by atoms with Gasteiger partial charge in [0, 0.05) is 16.7 Å². The summed E-state index contributed by atoms with van der Waals surface area (Å²) in [5.41, 5.74) is 8.76. The van der Waals surface area contributed by atoms with Gasteiger partial charge in [0.25, 0.3) is 11.8 Å². The Labute approximate surface area is 199 Å². The van der Waals surface area contributed by atoms with E-state index in [0.717, 1.165) is 11.1 Å². The molecule has 0 bridgehead atoms. The molecule has 0 saturated carbocycles. The molecule has 0 aliphatic carbocycles. The number of hydrogen-bond donors (Lipinski definition) is 2. The third-order valence-electron chi connectivity index (χ3n) is 5.28. The molecule has 0 saturated heterocycles. The molecule has 5 aromatic rings. The van der Waals surface area contributed by atoms with Gasteiger partial charge in [-0.25, -0.2) is 9.67 Å². The van der Waals surface area contributed by atoms with Crippen LogP contribution in [0, 0.1) is 6.92 Å². The summed E-state index contributed by atoms with van der Waals surface area (Å²) < 4.78 is 7.39. The predicted octanol–water partition coefficient (Wildman–Crippen LogP) is 3.37. The van der Waals surface area contributed by atoms with E-state index in [4.69, 9.17) is 4.42 Å². The number of benzene rings is 3. The zero-order valence-corrected chi connectivity index (χ0v) is 18.5.